The summed E-state index contributed by atoms with van der Waals surface area (Å²) in [5.74, 6) is -0.785. The molecule has 90 valence electrons. The van der Waals surface area contributed by atoms with E-state index in [9.17, 15) is 14.7 Å². The highest BCUT2D eigenvalue weighted by Crippen LogP contribution is 2.29. The Labute approximate surface area is 98.4 Å². The molecule has 2 rings (SSSR count). The van der Waals surface area contributed by atoms with Crippen molar-refractivity contribution >= 4 is 11.9 Å². The van der Waals surface area contributed by atoms with Crippen LogP contribution in [0.5, 0.6) is 5.75 Å². The second-order valence-electron chi connectivity index (χ2n) is 4.14. The zero-order valence-electron chi connectivity index (χ0n) is 9.40. The zero-order chi connectivity index (χ0) is 12.5. The van der Waals surface area contributed by atoms with Gasteiger partial charge in [-0.05, 0) is 11.6 Å². The van der Waals surface area contributed by atoms with Gasteiger partial charge in [0.15, 0.2) is 5.54 Å². The number of rotatable bonds is 2. The Morgan fingerprint density at radius 2 is 2.12 bits per heavy atom. The number of amides is 1. The van der Waals surface area contributed by atoms with Crippen molar-refractivity contribution in [1.29, 1.82) is 0 Å². The Morgan fingerprint density at radius 3 is 2.76 bits per heavy atom. The molecule has 5 heteroatoms. The molecule has 0 saturated heterocycles. The van der Waals surface area contributed by atoms with E-state index in [-0.39, 0.29) is 18.9 Å². The predicted octanol–water partition coefficient (Wildman–Crippen LogP) is 0.581. The Kier molecular flexibility index (Phi) is 2.75. The van der Waals surface area contributed by atoms with Crippen molar-refractivity contribution in [2.24, 2.45) is 0 Å². The van der Waals surface area contributed by atoms with Crippen LogP contribution in [0.3, 0.4) is 0 Å². The lowest BCUT2D eigenvalue weighted by molar-refractivity contribution is -0.149. The molecule has 1 atom stereocenters. The second kappa shape index (κ2) is 4.08. The van der Waals surface area contributed by atoms with Crippen molar-refractivity contribution in [1.82, 2.24) is 5.32 Å². The molecule has 0 spiro atoms. The third-order valence-corrected chi connectivity index (χ3v) is 2.76. The van der Waals surface area contributed by atoms with E-state index in [1.165, 1.54) is 6.92 Å². The molecule has 0 radical (unpaired) electrons. The van der Waals surface area contributed by atoms with Crippen LogP contribution in [0.2, 0.25) is 0 Å². The lowest BCUT2D eigenvalue weighted by Gasteiger charge is -2.34. The standard InChI is InChI=1S/C12H13NO4/c1-8(14)13-12(11(15)16)6-9-4-2-3-5-10(9)17-7-12/h2-5H,6-7H2,1H3,(H,13,14)(H,15,16). The van der Waals surface area contributed by atoms with E-state index >= 15 is 0 Å². The van der Waals surface area contributed by atoms with Gasteiger partial charge in [-0.25, -0.2) is 4.79 Å². The Bertz CT molecular complexity index is 471. The Morgan fingerprint density at radius 1 is 1.41 bits per heavy atom. The molecular formula is C12H13NO4. The van der Waals surface area contributed by atoms with E-state index in [0.717, 1.165) is 5.56 Å². The molecule has 1 aliphatic heterocycles. The fourth-order valence-corrected chi connectivity index (χ4v) is 1.98. The van der Waals surface area contributed by atoms with Crippen molar-refractivity contribution in [3.05, 3.63) is 29.8 Å². The zero-order valence-corrected chi connectivity index (χ0v) is 9.40. The topological polar surface area (TPSA) is 75.6 Å². The van der Waals surface area contributed by atoms with Crippen molar-refractivity contribution in [3.63, 3.8) is 0 Å². The van der Waals surface area contributed by atoms with Crippen LogP contribution in [-0.2, 0) is 16.0 Å². The fraction of sp³-hybridized carbons (Fsp3) is 0.333. The van der Waals surface area contributed by atoms with Gasteiger partial charge in [-0.2, -0.15) is 0 Å². The van der Waals surface area contributed by atoms with Crippen LogP contribution in [-0.4, -0.2) is 29.1 Å². The Balaban J connectivity index is 2.34. The molecule has 0 bridgehead atoms. The van der Waals surface area contributed by atoms with Gasteiger partial charge < -0.3 is 15.2 Å². The molecule has 1 heterocycles. The van der Waals surface area contributed by atoms with Gasteiger partial charge in [0.2, 0.25) is 5.91 Å². The number of hydrogen-bond donors (Lipinski definition) is 2. The highest BCUT2D eigenvalue weighted by Gasteiger charge is 2.43. The van der Waals surface area contributed by atoms with E-state index in [1.54, 1.807) is 12.1 Å². The summed E-state index contributed by atoms with van der Waals surface area (Å²) in [4.78, 5) is 22.4. The highest BCUT2D eigenvalue weighted by molar-refractivity contribution is 5.87. The van der Waals surface area contributed by atoms with Crippen molar-refractivity contribution in [2.45, 2.75) is 18.9 Å². The minimum absolute atomic E-state index is 0.0566. The third-order valence-electron chi connectivity index (χ3n) is 2.76. The molecule has 1 aliphatic rings. The highest BCUT2D eigenvalue weighted by atomic mass is 16.5. The summed E-state index contributed by atoms with van der Waals surface area (Å²) in [5.41, 5.74) is -0.574. The number of ether oxygens (including phenoxy) is 1. The first kappa shape index (κ1) is 11.4. The van der Waals surface area contributed by atoms with Crippen LogP contribution in [0, 0.1) is 0 Å². The number of nitrogens with one attached hydrogen (secondary N) is 1. The number of carboxylic acids is 1. The van der Waals surface area contributed by atoms with Gasteiger partial charge in [0, 0.05) is 13.3 Å². The number of hydrogen-bond acceptors (Lipinski definition) is 3. The Hall–Kier alpha value is -2.04. The molecule has 2 N–H and O–H groups in total. The number of aliphatic carboxylic acids is 1. The minimum Gasteiger partial charge on any atom is -0.490 e. The maximum Gasteiger partial charge on any atom is 0.333 e. The molecule has 0 aliphatic carbocycles. The first-order valence-electron chi connectivity index (χ1n) is 5.26. The van der Waals surface area contributed by atoms with E-state index in [0.29, 0.717) is 5.75 Å². The summed E-state index contributed by atoms with van der Waals surface area (Å²) in [5, 5.41) is 11.7. The normalized spacial score (nSPS) is 22.2. The lowest BCUT2D eigenvalue weighted by Crippen LogP contribution is -2.60. The summed E-state index contributed by atoms with van der Waals surface area (Å²) in [6, 6.07) is 7.22. The molecule has 0 fully saturated rings. The van der Waals surface area contributed by atoms with E-state index in [4.69, 9.17) is 4.74 Å². The maximum absolute atomic E-state index is 11.3. The number of carbonyl (C=O) groups excluding carboxylic acids is 1. The SMILES string of the molecule is CC(=O)NC1(C(=O)O)COc2ccccc2C1. The van der Waals surface area contributed by atoms with E-state index in [1.807, 2.05) is 12.1 Å². The van der Waals surface area contributed by atoms with Crippen molar-refractivity contribution in [2.75, 3.05) is 6.61 Å². The molecule has 5 nitrogen and oxygen atoms in total. The van der Waals surface area contributed by atoms with Gasteiger partial charge in [0.05, 0.1) is 0 Å². The number of carboxylic acid groups (broad SMARTS) is 1. The first-order chi connectivity index (χ1) is 8.03. The average molecular weight is 235 g/mol. The van der Waals surface area contributed by atoms with Gasteiger partial charge in [-0.1, -0.05) is 18.2 Å². The van der Waals surface area contributed by atoms with Gasteiger partial charge >= 0.3 is 5.97 Å². The lowest BCUT2D eigenvalue weighted by atomic mass is 9.89. The van der Waals surface area contributed by atoms with E-state index in [2.05, 4.69) is 5.32 Å². The second-order valence-corrected chi connectivity index (χ2v) is 4.14. The smallest absolute Gasteiger partial charge is 0.333 e. The van der Waals surface area contributed by atoms with Crippen molar-refractivity contribution in [3.8, 4) is 5.75 Å². The van der Waals surface area contributed by atoms with Crippen LogP contribution in [0.25, 0.3) is 0 Å². The summed E-state index contributed by atoms with van der Waals surface area (Å²) in [7, 11) is 0. The van der Waals surface area contributed by atoms with Gasteiger partial charge in [0.25, 0.3) is 0 Å². The summed E-state index contributed by atoms with van der Waals surface area (Å²) in [6.07, 6.45) is 0.234. The number of para-hydroxylation sites is 1. The average Bonchev–Trinajstić information content (AvgIpc) is 2.27. The van der Waals surface area contributed by atoms with Crippen LogP contribution >= 0.6 is 0 Å². The van der Waals surface area contributed by atoms with Gasteiger partial charge in [0.1, 0.15) is 12.4 Å². The van der Waals surface area contributed by atoms with Crippen LogP contribution in [0.15, 0.2) is 24.3 Å². The largest absolute Gasteiger partial charge is 0.490 e. The number of carbonyl (C=O) groups is 2. The number of fused-ring (bicyclic) bond motifs is 1. The van der Waals surface area contributed by atoms with Gasteiger partial charge in [-0.15, -0.1) is 0 Å². The number of benzene rings is 1. The minimum atomic E-state index is -1.36. The molecule has 1 aromatic carbocycles. The van der Waals surface area contributed by atoms with Crippen LogP contribution in [0.1, 0.15) is 12.5 Å². The quantitative estimate of drug-likeness (QED) is 0.786. The maximum atomic E-state index is 11.3. The predicted molar refractivity (Wildman–Crippen MR) is 59.8 cm³/mol. The van der Waals surface area contributed by atoms with Gasteiger partial charge in [-0.3, -0.25) is 4.79 Å². The summed E-state index contributed by atoms with van der Waals surface area (Å²) < 4.78 is 5.41. The fourth-order valence-electron chi connectivity index (χ4n) is 1.98. The molecule has 1 aromatic rings. The first-order valence-corrected chi connectivity index (χ1v) is 5.26. The third kappa shape index (κ3) is 2.08. The van der Waals surface area contributed by atoms with Crippen LogP contribution in [0.4, 0.5) is 0 Å². The summed E-state index contributed by atoms with van der Waals surface area (Å²) in [6.45, 7) is 1.24. The molecule has 0 saturated carbocycles. The van der Waals surface area contributed by atoms with E-state index < -0.39 is 11.5 Å². The molecule has 0 aromatic heterocycles. The molecule has 1 unspecified atom stereocenters. The summed E-state index contributed by atoms with van der Waals surface area (Å²) >= 11 is 0. The monoisotopic (exact) mass is 235 g/mol. The molecule has 1 amide bonds. The molecule has 17 heavy (non-hydrogen) atoms. The van der Waals surface area contributed by atoms with Crippen LogP contribution < -0.4 is 10.1 Å². The molecular weight excluding hydrogens is 222 g/mol. The van der Waals surface area contributed by atoms with Crippen molar-refractivity contribution < 1.29 is 19.4 Å².